The first-order valence-electron chi connectivity index (χ1n) is 11.0. The maximum Gasteiger partial charge on any atom is 0.273 e. The van der Waals surface area contributed by atoms with Crippen LogP contribution in [0.5, 0.6) is 11.5 Å². The van der Waals surface area contributed by atoms with Crippen LogP contribution in [0.15, 0.2) is 53.6 Å². The highest BCUT2D eigenvalue weighted by Crippen LogP contribution is 2.27. The second kappa shape index (κ2) is 9.67. The Morgan fingerprint density at radius 3 is 2.91 bits per heavy atom. The number of thiazole rings is 1. The molecule has 0 atom stereocenters. The number of likely N-dealkylation sites (tertiary alicyclic amines) is 1. The van der Waals surface area contributed by atoms with Gasteiger partial charge in [-0.2, -0.15) is 0 Å². The number of ether oxygens (including phenoxy) is 2. The van der Waals surface area contributed by atoms with Crippen molar-refractivity contribution >= 4 is 17.2 Å². The average molecular weight is 451 g/mol. The highest BCUT2D eigenvalue weighted by atomic mass is 32.1. The van der Waals surface area contributed by atoms with Gasteiger partial charge in [-0.15, -0.1) is 11.3 Å². The van der Waals surface area contributed by atoms with E-state index in [1.807, 2.05) is 23.1 Å². The zero-order chi connectivity index (χ0) is 21.8. The Morgan fingerprint density at radius 2 is 2.12 bits per heavy atom. The lowest BCUT2D eigenvalue weighted by Crippen LogP contribution is -2.37. The van der Waals surface area contributed by atoms with E-state index in [2.05, 4.69) is 27.0 Å². The molecule has 0 spiro atoms. The summed E-state index contributed by atoms with van der Waals surface area (Å²) in [5.41, 5.74) is 4.49. The van der Waals surface area contributed by atoms with E-state index in [1.54, 1.807) is 23.3 Å². The van der Waals surface area contributed by atoms with Crippen LogP contribution >= 0.6 is 11.3 Å². The number of pyridine rings is 1. The normalized spacial score (nSPS) is 17.3. The van der Waals surface area contributed by atoms with Gasteiger partial charge >= 0.3 is 0 Å². The van der Waals surface area contributed by atoms with E-state index in [-0.39, 0.29) is 12.0 Å². The van der Waals surface area contributed by atoms with E-state index >= 15 is 0 Å². The molecule has 1 amide bonds. The lowest BCUT2D eigenvalue weighted by Gasteiger charge is -2.32. The molecule has 1 fully saturated rings. The quantitative estimate of drug-likeness (QED) is 0.592. The van der Waals surface area contributed by atoms with Crippen molar-refractivity contribution in [3.05, 3.63) is 70.4 Å². The van der Waals surface area contributed by atoms with Gasteiger partial charge in [0.2, 0.25) is 0 Å². The molecule has 8 heteroatoms. The third-order valence-electron chi connectivity index (χ3n) is 5.92. The maximum absolute atomic E-state index is 12.8. The number of carbonyl (C=O) groups is 1. The highest BCUT2D eigenvalue weighted by Gasteiger charge is 2.24. The first-order chi connectivity index (χ1) is 15.7. The first-order valence-corrected chi connectivity index (χ1v) is 11.9. The molecule has 2 aliphatic rings. The number of rotatable bonds is 5. The molecular formula is C24H26N4O3S. The van der Waals surface area contributed by atoms with Crippen molar-refractivity contribution in [1.29, 1.82) is 0 Å². The standard InChI is InChI=1S/C24H26N4O3S/c29-24(22-16-32-17-26-22)28-10-11-30-23-4-3-18(12-19(23)15-28)14-27-8-5-20(6-9-27)31-21-2-1-7-25-13-21/h1-4,7,12-13,16-17,20H,5-6,8-11,14-15H2. The summed E-state index contributed by atoms with van der Waals surface area (Å²) < 4.78 is 12.0. The molecule has 166 valence electrons. The van der Waals surface area contributed by atoms with E-state index in [0.717, 1.165) is 49.5 Å². The van der Waals surface area contributed by atoms with Crippen molar-refractivity contribution in [2.45, 2.75) is 32.0 Å². The number of aromatic nitrogens is 2. The van der Waals surface area contributed by atoms with E-state index < -0.39 is 0 Å². The van der Waals surface area contributed by atoms with Crippen LogP contribution in [0.4, 0.5) is 0 Å². The molecule has 0 N–H and O–H groups in total. The number of piperidine rings is 1. The molecular weight excluding hydrogens is 424 g/mol. The third kappa shape index (κ3) is 4.92. The maximum atomic E-state index is 12.8. The van der Waals surface area contributed by atoms with Gasteiger partial charge in [0.15, 0.2) is 0 Å². The number of hydrogen-bond acceptors (Lipinski definition) is 7. The van der Waals surface area contributed by atoms with Crippen LogP contribution in [0.1, 0.15) is 34.5 Å². The van der Waals surface area contributed by atoms with Crippen molar-refractivity contribution in [2.75, 3.05) is 26.2 Å². The molecule has 0 saturated carbocycles. The molecule has 0 aliphatic carbocycles. The fraction of sp³-hybridized carbons (Fsp3) is 0.375. The molecule has 4 heterocycles. The zero-order valence-corrected chi connectivity index (χ0v) is 18.7. The molecule has 5 rings (SSSR count). The molecule has 1 saturated heterocycles. The summed E-state index contributed by atoms with van der Waals surface area (Å²) in [4.78, 5) is 25.4. The van der Waals surface area contributed by atoms with Crippen LogP contribution in [0.2, 0.25) is 0 Å². The van der Waals surface area contributed by atoms with Crippen molar-refractivity contribution < 1.29 is 14.3 Å². The summed E-state index contributed by atoms with van der Waals surface area (Å²) in [7, 11) is 0. The minimum absolute atomic E-state index is 0.0382. The van der Waals surface area contributed by atoms with Gasteiger partial charge < -0.3 is 14.4 Å². The second-order valence-electron chi connectivity index (χ2n) is 8.17. The SMILES string of the molecule is O=C(c1cscn1)N1CCOc2ccc(CN3CCC(Oc4cccnc4)CC3)cc2C1. The average Bonchev–Trinajstić information content (AvgIpc) is 3.28. The van der Waals surface area contributed by atoms with Crippen molar-refractivity contribution in [2.24, 2.45) is 0 Å². The van der Waals surface area contributed by atoms with E-state index in [4.69, 9.17) is 9.47 Å². The monoisotopic (exact) mass is 450 g/mol. The minimum Gasteiger partial charge on any atom is -0.491 e. The molecule has 2 aliphatic heterocycles. The van der Waals surface area contributed by atoms with Gasteiger partial charge in [-0.3, -0.25) is 14.7 Å². The Hall–Kier alpha value is -2.97. The Kier molecular flexibility index (Phi) is 6.31. The molecule has 32 heavy (non-hydrogen) atoms. The van der Waals surface area contributed by atoms with Crippen LogP contribution in [-0.4, -0.2) is 58.0 Å². The number of carbonyl (C=O) groups excluding carboxylic acids is 1. The molecule has 0 bridgehead atoms. The highest BCUT2D eigenvalue weighted by molar-refractivity contribution is 7.07. The van der Waals surface area contributed by atoms with Crippen LogP contribution in [0, 0.1) is 0 Å². The number of hydrogen-bond donors (Lipinski definition) is 0. The van der Waals surface area contributed by atoms with Crippen molar-refractivity contribution in [1.82, 2.24) is 19.8 Å². The predicted molar refractivity (Wildman–Crippen MR) is 122 cm³/mol. The number of amides is 1. The summed E-state index contributed by atoms with van der Waals surface area (Å²) in [5.74, 6) is 1.67. The fourth-order valence-electron chi connectivity index (χ4n) is 4.25. The first kappa shape index (κ1) is 20.9. The summed E-state index contributed by atoms with van der Waals surface area (Å²) in [6.45, 7) is 4.46. The molecule has 0 radical (unpaired) electrons. The van der Waals surface area contributed by atoms with Gasteiger partial charge in [-0.05, 0) is 42.7 Å². The summed E-state index contributed by atoms with van der Waals surface area (Å²) in [6, 6.07) is 10.2. The molecule has 0 unspecified atom stereocenters. The Bertz CT molecular complexity index is 1040. The van der Waals surface area contributed by atoms with E-state index in [9.17, 15) is 4.79 Å². The number of nitrogens with zero attached hydrogens (tertiary/aromatic N) is 4. The molecule has 1 aromatic carbocycles. The van der Waals surface area contributed by atoms with E-state index in [0.29, 0.717) is 25.4 Å². The topological polar surface area (TPSA) is 67.8 Å². The fourth-order valence-corrected chi connectivity index (χ4v) is 4.78. The lowest BCUT2D eigenvalue weighted by atomic mass is 10.0. The van der Waals surface area contributed by atoms with Crippen LogP contribution in [-0.2, 0) is 13.1 Å². The van der Waals surface area contributed by atoms with Crippen LogP contribution in [0.3, 0.4) is 0 Å². The predicted octanol–water partition coefficient (Wildman–Crippen LogP) is 3.62. The van der Waals surface area contributed by atoms with Gasteiger partial charge in [0.05, 0.1) is 18.3 Å². The Balaban J connectivity index is 1.19. The van der Waals surface area contributed by atoms with Gasteiger partial charge in [0.25, 0.3) is 5.91 Å². The van der Waals surface area contributed by atoms with Gasteiger partial charge in [0.1, 0.15) is 29.9 Å². The van der Waals surface area contributed by atoms with Gasteiger partial charge in [-0.25, -0.2) is 4.98 Å². The number of benzene rings is 1. The molecule has 2 aromatic heterocycles. The van der Waals surface area contributed by atoms with E-state index in [1.165, 1.54) is 16.9 Å². The second-order valence-corrected chi connectivity index (χ2v) is 8.89. The van der Waals surface area contributed by atoms with Crippen LogP contribution in [0.25, 0.3) is 0 Å². The largest absolute Gasteiger partial charge is 0.491 e. The van der Waals surface area contributed by atoms with Crippen LogP contribution < -0.4 is 9.47 Å². The summed E-state index contributed by atoms with van der Waals surface area (Å²) in [5, 5.41) is 1.80. The van der Waals surface area contributed by atoms with Gasteiger partial charge in [-0.1, -0.05) is 6.07 Å². The van der Waals surface area contributed by atoms with Crippen molar-refractivity contribution in [3.8, 4) is 11.5 Å². The Labute approximate surface area is 191 Å². The smallest absolute Gasteiger partial charge is 0.273 e. The summed E-state index contributed by atoms with van der Waals surface area (Å²) in [6.07, 6.45) is 5.76. The molecule has 3 aromatic rings. The molecule has 7 nitrogen and oxygen atoms in total. The number of fused-ring (bicyclic) bond motifs is 1. The third-order valence-corrected chi connectivity index (χ3v) is 6.51. The van der Waals surface area contributed by atoms with Gasteiger partial charge in [0, 0.05) is 43.3 Å². The Morgan fingerprint density at radius 1 is 1.22 bits per heavy atom. The zero-order valence-electron chi connectivity index (χ0n) is 17.9. The minimum atomic E-state index is -0.0382. The lowest BCUT2D eigenvalue weighted by molar-refractivity contribution is 0.0728. The summed E-state index contributed by atoms with van der Waals surface area (Å²) >= 11 is 1.44. The van der Waals surface area contributed by atoms with Crippen molar-refractivity contribution in [3.63, 3.8) is 0 Å².